The van der Waals surface area contributed by atoms with Gasteiger partial charge in [-0.05, 0) is 53.6 Å². The minimum absolute atomic E-state index is 0.114. The van der Waals surface area contributed by atoms with Crippen LogP contribution in [0.1, 0.15) is 52.9 Å². The van der Waals surface area contributed by atoms with Crippen LogP contribution in [0.2, 0.25) is 0 Å². The van der Waals surface area contributed by atoms with Crippen molar-refractivity contribution >= 4 is 5.91 Å². The normalized spacial score (nSPS) is 20.7. The first kappa shape index (κ1) is 16.4. The van der Waals surface area contributed by atoms with E-state index in [4.69, 9.17) is 0 Å². The van der Waals surface area contributed by atoms with Crippen LogP contribution < -0.4 is 10.6 Å². The molecule has 19 heavy (non-hydrogen) atoms. The van der Waals surface area contributed by atoms with Crippen molar-refractivity contribution in [2.45, 2.75) is 70.5 Å². The Bertz CT molecular complexity index is 287. The first-order valence-electron chi connectivity index (χ1n) is 7.62. The predicted molar refractivity (Wildman–Crippen MR) is 80.2 cm³/mol. The maximum atomic E-state index is 12.0. The summed E-state index contributed by atoms with van der Waals surface area (Å²) in [4.78, 5) is 14.3. The number of carbonyl (C=O) groups is 1. The molecule has 1 rings (SSSR count). The number of carbonyl (C=O) groups excluding carboxylic acids is 1. The first-order valence-corrected chi connectivity index (χ1v) is 7.62. The van der Waals surface area contributed by atoms with E-state index >= 15 is 0 Å². The summed E-state index contributed by atoms with van der Waals surface area (Å²) in [6.45, 7) is 7.07. The van der Waals surface area contributed by atoms with E-state index in [-0.39, 0.29) is 23.5 Å². The highest BCUT2D eigenvalue weighted by Gasteiger charge is 2.39. The summed E-state index contributed by atoms with van der Waals surface area (Å²) in [7, 11) is 4.27. The van der Waals surface area contributed by atoms with Gasteiger partial charge in [0.2, 0.25) is 5.91 Å². The molecule has 1 amide bonds. The van der Waals surface area contributed by atoms with Crippen molar-refractivity contribution in [3.8, 4) is 0 Å². The van der Waals surface area contributed by atoms with Crippen molar-refractivity contribution < 1.29 is 4.79 Å². The SMILES string of the molecule is CCCC(C)NC(=O)C(C)NCC1(N(C)C)CCC1. The Morgan fingerprint density at radius 3 is 2.37 bits per heavy atom. The molecule has 0 aromatic heterocycles. The Morgan fingerprint density at radius 1 is 1.32 bits per heavy atom. The maximum absolute atomic E-state index is 12.0. The molecule has 0 saturated heterocycles. The highest BCUT2D eigenvalue weighted by atomic mass is 16.2. The van der Waals surface area contributed by atoms with Crippen molar-refractivity contribution in [2.24, 2.45) is 0 Å². The Hall–Kier alpha value is -0.610. The Morgan fingerprint density at radius 2 is 1.95 bits per heavy atom. The molecule has 0 aromatic carbocycles. The molecular formula is C15H31N3O. The van der Waals surface area contributed by atoms with Gasteiger partial charge in [-0.25, -0.2) is 0 Å². The van der Waals surface area contributed by atoms with Gasteiger partial charge in [-0.2, -0.15) is 0 Å². The fraction of sp³-hybridized carbons (Fsp3) is 0.933. The van der Waals surface area contributed by atoms with Crippen LogP contribution in [0.25, 0.3) is 0 Å². The van der Waals surface area contributed by atoms with Crippen molar-refractivity contribution in [3.05, 3.63) is 0 Å². The number of likely N-dealkylation sites (N-methyl/N-ethyl adjacent to an activating group) is 1. The third kappa shape index (κ3) is 4.46. The van der Waals surface area contributed by atoms with Crippen molar-refractivity contribution in [2.75, 3.05) is 20.6 Å². The summed E-state index contributed by atoms with van der Waals surface area (Å²) in [5.41, 5.74) is 0.267. The number of hydrogen-bond acceptors (Lipinski definition) is 3. The van der Waals surface area contributed by atoms with Gasteiger partial charge in [0.15, 0.2) is 0 Å². The van der Waals surface area contributed by atoms with Crippen LogP contribution in [0.15, 0.2) is 0 Å². The predicted octanol–water partition coefficient (Wildman–Crippen LogP) is 1.75. The van der Waals surface area contributed by atoms with Gasteiger partial charge in [-0.3, -0.25) is 4.79 Å². The van der Waals surface area contributed by atoms with E-state index in [1.54, 1.807) is 0 Å². The third-order valence-corrected chi connectivity index (χ3v) is 4.47. The minimum Gasteiger partial charge on any atom is -0.352 e. The lowest BCUT2D eigenvalue weighted by Crippen LogP contribution is -2.59. The molecule has 0 heterocycles. The molecule has 0 bridgehead atoms. The van der Waals surface area contributed by atoms with Crippen LogP contribution in [0.3, 0.4) is 0 Å². The Kier molecular flexibility index (Phi) is 6.27. The van der Waals surface area contributed by atoms with Crippen LogP contribution >= 0.6 is 0 Å². The molecule has 2 atom stereocenters. The number of nitrogens with one attached hydrogen (secondary N) is 2. The van der Waals surface area contributed by atoms with E-state index in [2.05, 4.69) is 43.5 Å². The first-order chi connectivity index (χ1) is 8.91. The standard InChI is InChI=1S/C15H31N3O/c1-6-8-12(2)17-14(19)13(3)16-11-15(18(4)5)9-7-10-15/h12-13,16H,6-11H2,1-5H3,(H,17,19). The molecule has 2 N–H and O–H groups in total. The molecule has 1 aliphatic rings. The molecule has 4 nitrogen and oxygen atoms in total. The van der Waals surface area contributed by atoms with Crippen molar-refractivity contribution in [1.29, 1.82) is 0 Å². The van der Waals surface area contributed by atoms with Gasteiger partial charge < -0.3 is 15.5 Å². The summed E-state index contributed by atoms with van der Waals surface area (Å²) in [5, 5.41) is 6.47. The molecule has 2 unspecified atom stereocenters. The van der Waals surface area contributed by atoms with Gasteiger partial charge in [0.25, 0.3) is 0 Å². The van der Waals surface area contributed by atoms with Crippen LogP contribution in [-0.2, 0) is 4.79 Å². The average Bonchev–Trinajstić information content (AvgIpc) is 2.26. The van der Waals surface area contributed by atoms with E-state index in [1.165, 1.54) is 19.3 Å². The van der Waals surface area contributed by atoms with Crippen LogP contribution in [0.5, 0.6) is 0 Å². The van der Waals surface area contributed by atoms with Gasteiger partial charge in [-0.1, -0.05) is 13.3 Å². The lowest BCUT2D eigenvalue weighted by Gasteiger charge is -2.48. The highest BCUT2D eigenvalue weighted by Crippen LogP contribution is 2.35. The van der Waals surface area contributed by atoms with Gasteiger partial charge in [0, 0.05) is 18.1 Å². The van der Waals surface area contributed by atoms with E-state index in [0.717, 1.165) is 19.4 Å². The number of amides is 1. The quantitative estimate of drug-likeness (QED) is 0.705. The summed E-state index contributed by atoms with van der Waals surface area (Å²) < 4.78 is 0. The molecule has 112 valence electrons. The monoisotopic (exact) mass is 269 g/mol. The Balaban J connectivity index is 2.34. The zero-order valence-corrected chi connectivity index (χ0v) is 13.3. The minimum atomic E-state index is -0.114. The zero-order valence-electron chi connectivity index (χ0n) is 13.3. The fourth-order valence-electron chi connectivity index (χ4n) is 2.68. The van der Waals surface area contributed by atoms with E-state index in [1.807, 2.05) is 6.92 Å². The summed E-state index contributed by atoms with van der Waals surface area (Å²) in [6.07, 6.45) is 5.90. The second-order valence-corrected chi connectivity index (χ2v) is 6.27. The number of hydrogen-bond donors (Lipinski definition) is 2. The van der Waals surface area contributed by atoms with E-state index < -0.39 is 0 Å². The van der Waals surface area contributed by atoms with E-state index in [0.29, 0.717) is 0 Å². The Labute approximate surface area is 118 Å². The van der Waals surface area contributed by atoms with E-state index in [9.17, 15) is 4.79 Å². The number of rotatable bonds is 8. The molecule has 4 heteroatoms. The molecule has 0 radical (unpaired) electrons. The van der Waals surface area contributed by atoms with Crippen LogP contribution in [0.4, 0.5) is 0 Å². The molecule has 1 fully saturated rings. The van der Waals surface area contributed by atoms with Gasteiger partial charge >= 0.3 is 0 Å². The average molecular weight is 269 g/mol. The number of nitrogens with zero attached hydrogens (tertiary/aromatic N) is 1. The third-order valence-electron chi connectivity index (χ3n) is 4.47. The molecule has 0 aliphatic heterocycles. The van der Waals surface area contributed by atoms with Crippen LogP contribution in [-0.4, -0.2) is 49.1 Å². The molecule has 0 spiro atoms. The highest BCUT2D eigenvalue weighted by molar-refractivity contribution is 5.81. The zero-order chi connectivity index (χ0) is 14.5. The summed E-state index contributed by atoms with van der Waals surface area (Å²) in [5.74, 6) is 0.120. The van der Waals surface area contributed by atoms with Gasteiger partial charge in [0.1, 0.15) is 0 Å². The molecule has 0 aromatic rings. The smallest absolute Gasteiger partial charge is 0.237 e. The largest absolute Gasteiger partial charge is 0.352 e. The van der Waals surface area contributed by atoms with Crippen molar-refractivity contribution in [1.82, 2.24) is 15.5 Å². The summed E-state index contributed by atoms with van der Waals surface area (Å²) >= 11 is 0. The molecular weight excluding hydrogens is 238 g/mol. The second kappa shape index (κ2) is 7.25. The second-order valence-electron chi connectivity index (χ2n) is 6.27. The van der Waals surface area contributed by atoms with Crippen molar-refractivity contribution in [3.63, 3.8) is 0 Å². The maximum Gasteiger partial charge on any atom is 0.237 e. The lowest BCUT2D eigenvalue weighted by atomic mass is 9.75. The van der Waals surface area contributed by atoms with Crippen LogP contribution in [0, 0.1) is 0 Å². The molecule has 1 aliphatic carbocycles. The summed E-state index contributed by atoms with van der Waals surface area (Å²) in [6, 6.07) is 0.157. The fourth-order valence-corrected chi connectivity index (χ4v) is 2.68. The van der Waals surface area contributed by atoms with Gasteiger partial charge in [-0.15, -0.1) is 0 Å². The van der Waals surface area contributed by atoms with Gasteiger partial charge in [0.05, 0.1) is 6.04 Å². The molecule has 1 saturated carbocycles. The lowest BCUT2D eigenvalue weighted by molar-refractivity contribution is -0.123. The topological polar surface area (TPSA) is 44.4 Å².